The fourth-order valence-electron chi connectivity index (χ4n) is 6.50. The van der Waals surface area contributed by atoms with Crippen molar-refractivity contribution in [1.82, 2.24) is 9.88 Å². The van der Waals surface area contributed by atoms with Gasteiger partial charge in [0.05, 0.1) is 5.60 Å². The number of aromatic nitrogens is 1. The van der Waals surface area contributed by atoms with E-state index in [-0.39, 0.29) is 23.7 Å². The van der Waals surface area contributed by atoms with Crippen LogP contribution in [0.5, 0.6) is 0 Å². The minimum absolute atomic E-state index is 0.0163. The molecule has 2 aliphatic rings. The average molecular weight is 561 g/mol. The number of carbonyl (C=O) groups excluding carboxylic acids is 1. The Labute approximate surface area is 239 Å². The molecule has 1 heterocycles. The van der Waals surface area contributed by atoms with Crippen molar-refractivity contribution in [3.63, 3.8) is 0 Å². The van der Waals surface area contributed by atoms with Crippen molar-refractivity contribution in [2.75, 3.05) is 12.4 Å². The summed E-state index contributed by atoms with van der Waals surface area (Å²) in [7, 11) is 1.59. The highest BCUT2D eigenvalue weighted by Gasteiger charge is 2.49. The standard InChI is InChI=1S/C32H37FN4O4/c1-31(41)18-32(34,19-31)22-11-9-21(10-12-22)26-17-35-28(16-25(26)24-5-3-4-6-27(24)33)36-29(38)15-20-7-13-23(14-8-20)37(2)30(39)40/h3-6,9-12,16-17,20,23,41H,7-8,13-15,18-19,34H2,1-2H3,(H,39,40)(H,35,36,38)/t20?,23?,31-,32-. The topological polar surface area (TPSA) is 129 Å². The number of hydrogen-bond acceptors (Lipinski definition) is 5. The van der Waals surface area contributed by atoms with Crippen LogP contribution in [0.4, 0.5) is 15.0 Å². The van der Waals surface area contributed by atoms with Crippen molar-refractivity contribution in [2.45, 2.75) is 69.1 Å². The summed E-state index contributed by atoms with van der Waals surface area (Å²) < 4.78 is 15.0. The SMILES string of the molecule is CN(C(=O)O)C1CCC(CC(=O)Nc2cc(-c3ccccc3F)c(-c3ccc([C@]4(N)C[C@](C)(O)C4)cc3)cn2)CC1. The minimum Gasteiger partial charge on any atom is -0.465 e. The number of nitrogens with one attached hydrogen (secondary N) is 1. The fourth-order valence-corrected chi connectivity index (χ4v) is 6.50. The van der Waals surface area contributed by atoms with E-state index in [2.05, 4.69) is 10.3 Å². The third-order valence-electron chi connectivity index (χ3n) is 8.64. The van der Waals surface area contributed by atoms with E-state index >= 15 is 0 Å². The summed E-state index contributed by atoms with van der Waals surface area (Å²) in [5.74, 6) is -0.0451. The molecule has 0 atom stereocenters. The summed E-state index contributed by atoms with van der Waals surface area (Å²) in [6.07, 6.45) is 5.01. The second-order valence-electron chi connectivity index (χ2n) is 12.0. The Morgan fingerprint density at radius 3 is 2.32 bits per heavy atom. The molecule has 5 N–H and O–H groups in total. The Kier molecular flexibility index (Phi) is 7.85. The molecule has 5 rings (SSSR count). The maximum absolute atomic E-state index is 15.0. The highest BCUT2D eigenvalue weighted by molar-refractivity contribution is 5.92. The Hall–Kier alpha value is -3.82. The van der Waals surface area contributed by atoms with Gasteiger partial charge in [-0.3, -0.25) is 4.79 Å². The lowest BCUT2D eigenvalue weighted by molar-refractivity contribution is -0.117. The van der Waals surface area contributed by atoms with Gasteiger partial charge in [0.1, 0.15) is 11.6 Å². The van der Waals surface area contributed by atoms with Crippen molar-refractivity contribution in [3.05, 3.63) is 72.2 Å². The van der Waals surface area contributed by atoms with E-state index < -0.39 is 17.2 Å². The van der Waals surface area contributed by atoms with Crippen LogP contribution in [0.2, 0.25) is 0 Å². The molecule has 2 amide bonds. The molecular weight excluding hydrogens is 523 g/mol. The zero-order chi connectivity index (χ0) is 29.4. The van der Waals surface area contributed by atoms with E-state index in [0.29, 0.717) is 41.8 Å². The molecule has 0 saturated heterocycles. The van der Waals surface area contributed by atoms with E-state index in [9.17, 15) is 24.2 Å². The lowest BCUT2D eigenvalue weighted by Gasteiger charge is -2.49. The van der Waals surface area contributed by atoms with Gasteiger partial charge in [0, 0.05) is 42.4 Å². The van der Waals surface area contributed by atoms with Gasteiger partial charge in [-0.2, -0.15) is 0 Å². The number of carboxylic acid groups (broad SMARTS) is 1. The number of rotatable bonds is 7. The van der Waals surface area contributed by atoms with Gasteiger partial charge in [-0.1, -0.05) is 42.5 Å². The summed E-state index contributed by atoms with van der Waals surface area (Å²) >= 11 is 0. The lowest BCUT2D eigenvalue weighted by Crippen LogP contribution is -2.58. The van der Waals surface area contributed by atoms with Gasteiger partial charge in [0.2, 0.25) is 5.91 Å². The molecule has 8 nitrogen and oxygen atoms in total. The smallest absolute Gasteiger partial charge is 0.407 e. The predicted octanol–water partition coefficient (Wildman–Crippen LogP) is 5.75. The first kappa shape index (κ1) is 28.7. The van der Waals surface area contributed by atoms with Gasteiger partial charge in [0.15, 0.2) is 0 Å². The maximum atomic E-state index is 15.0. The van der Waals surface area contributed by atoms with Crippen LogP contribution in [-0.2, 0) is 10.3 Å². The van der Waals surface area contributed by atoms with Crippen molar-refractivity contribution < 1.29 is 24.2 Å². The maximum Gasteiger partial charge on any atom is 0.407 e. The lowest BCUT2D eigenvalue weighted by atomic mass is 9.63. The third kappa shape index (κ3) is 6.26. The van der Waals surface area contributed by atoms with Crippen molar-refractivity contribution in [3.8, 4) is 22.3 Å². The second kappa shape index (κ2) is 11.2. The van der Waals surface area contributed by atoms with Crippen molar-refractivity contribution in [1.29, 1.82) is 0 Å². The van der Waals surface area contributed by atoms with Gasteiger partial charge in [0.25, 0.3) is 0 Å². The number of carbonyl (C=O) groups is 2. The van der Waals surface area contributed by atoms with E-state index in [4.69, 9.17) is 5.73 Å². The van der Waals surface area contributed by atoms with Gasteiger partial charge in [-0.15, -0.1) is 0 Å². The second-order valence-corrected chi connectivity index (χ2v) is 12.0. The Morgan fingerprint density at radius 2 is 1.71 bits per heavy atom. The average Bonchev–Trinajstić information content (AvgIpc) is 2.92. The molecular formula is C32H37FN4O4. The fraction of sp³-hybridized carbons (Fsp3) is 0.406. The molecule has 0 bridgehead atoms. The summed E-state index contributed by atoms with van der Waals surface area (Å²) in [6.45, 7) is 1.78. The number of nitrogens with two attached hydrogens (primary N) is 1. The van der Waals surface area contributed by atoms with Crippen LogP contribution >= 0.6 is 0 Å². The van der Waals surface area contributed by atoms with Crippen LogP contribution in [-0.4, -0.2) is 50.8 Å². The zero-order valence-electron chi connectivity index (χ0n) is 23.4. The van der Waals surface area contributed by atoms with Gasteiger partial charge in [-0.25, -0.2) is 14.2 Å². The molecule has 9 heteroatoms. The normalized spacial score (nSPS) is 25.7. The van der Waals surface area contributed by atoms with Gasteiger partial charge in [-0.05, 0) is 80.2 Å². The molecule has 0 unspecified atom stereocenters. The van der Waals surface area contributed by atoms with Crippen molar-refractivity contribution >= 4 is 17.8 Å². The highest BCUT2D eigenvalue weighted by Crippen LogP contribution is 2.46. The third-order valence-corrected chi connectivity index (χ3v) is 8.64. The molecule has 2 aromatic carbocycles. The summed E-state index contributed by atoms with van der Waals surface area (Å²) in [5, 5.41) is 22.3. The van der Waals surface area contributed by atoms with E-state index in [1.807, 2.05) is 24.3 Å². The predicted molar refractivity (Wildman–Crippen MR) is 156 cm³/mol. The number of hydrogen-bond donors (Lipinski definition) is 4. The number of anilines is 1. The molecule has 0 radical (unpaired) electrons. The number of amides is 2. The van der Waals surface area contributed by atoms with Crippen LogP contribution < -0.4 is 11.1 Å². The van der Waals surface area contributed by atoms with Crippen LogP contribution in [0.25, 0.3) is 22.3 Å². The number of pyridine rings is 1. The van der Waals surface area contributed by atoms with Gasteiger partial charge < -0.3 is 26.2 Å². The Bertz CT molecular complexity index is 1430. The van der Waals surface area contributed by atoms with Crippen LogP contribution in [0.3, 0.4) is 0 Å². The molecule has 1 aromatic heterocycles. The molecule has 2 aliphatic carbocycles. The molecule has 0 aliphatic heterocycles. The first-order chi connectivity index (χ1) is 19.4. The van der Waals surface area contributed by atoms with E-state index in [1.54, 1.807) is 44.4 Å². The summed E-state index contributed by atoms with van der Waals surface area (Å²) in [6, 6.07) is 15.9. The summed E-state index contributed by atoms with van der Waals surface area (Å²) in [4.78, 5) is 30.0. The van der Waals surface area contributed by atoms with Gasteiger partial charge >= 0.3 is 6.09 Å². The number of benzene rings is 2. The van der Waals surface area contributed by atoms with Crippen molar-refractivity contribution in [2.24, 2.45) is 11.7 Å². The Morgan fingerprint density at radius 1 is 1.05 bits per heavy atom. The molecule has 2 saturated carbocycles. The molecule has 216 valence electrons. The number of aliphatic hydroxyl groups is 1. The molecule has 41 heavy (non-hydrogen) atoms. The quantitative estimate of drug-likeness (QED) is 0.291. The van der Waals surface area contributed by atoms with Crippen LogP contribution in [0, 0.1) is 11.7 Å². The first-order valence-corrected chi connectivity index (χ1v) is 14.1. The molecule has 2 fully saturated rings. The zero-order valence-corrected chi connectivity index (χ0v) is 23.4. The monoisotopic (exact) mass is 560 g/mol. The Balaban J connectivity index is 1.33. The largest absolute Gasteiger partial charge is 0.465 e. The van der Waals surface area contributed by atoms with E-state index in [0.717, 1.165) is 36.8 Å². The first-order valence-electron chi connectivity index (χ1n) is 14.1. The molecule has 0 spiro atoms. The molecule has 3 aromatic rings. The minimum atomic E-state index is -0.932. The summed E-state index contributed by atoms with van der Waals surface area (Å²) in [5.41, 5.74) is 8.65. The number of nitrogens with zero attached hydrogens (tertiary/aromatic N) is 2. The highest BCUT2D eigenvalue weighted by atomic mass is 19.1. The van der Waals surface area contributed by atoms with Crippen LogP contribution in [0.1, 0.15) is 57.4 Å². The number of halogens is 1. The van der Waals surface area contributed by atoms with E-state index in [1.165, 1.54) is 11.0 Å². The van der Waals surface area contributed by atoms with Crippen LogP contribution in [0.15, 0.2) is 60.8 Å².